The van der Waals surface area contributed by atoms with Gasteiger partial charge >= 0.3 is 0 Å². The van der Waals surface area contributed by atoms with Crippen molar-refractivity contribution >= 4 is 11.7 Å². The van der Waals surface area contributed by atoms with Crippen LogP contribution in [0.2, 0.25) is 0 Å². The standard InChI is InChI=1S/C27H31N5O/c1-20-24-13-8-16-32(19-23-12-5-6-14-28-23)27(24)30-26(29-20)22-11-7-15-31(18-22)25(33)17-21-9-3-2-4-10-21/h2-6,9-10,12,14,22H,7-8,11,13,15-19H2,1H3. The molecular weight excluding hydrogens is 410 g/mol. The summed E-state index contributed by atoms with van der Waals surface area (Å²) in [6.45, 7) is 5.36. The lowest BCUT2D eigenvalue weighted by molar-refractivity contribution is -0.131. The van der Waals surface area contributed by atoms with Crippen LogP contribution in [-0.4, -0.2) is 45.4 Å². The molecular formula is C27H31N5O. The number of pyridine rings is 1. The first-order valence-corrected chi connectivity index (χ1v) is 12.0. The Hall–Kier alpha value is -3.28. The highest BCUT2D eigenvalue weighted by atomic mass is 16.2. The van der Waals surface area contributed by atoms with Crippen LogP contribution in [-0.2, 0) is 24.2 Å². The third-order valence-electron chi connectivity index (χ3n) is 6.78. The summed E-state index contributed by atoms with van der Waals surface area (Å²) in [5.41, 5.74) is 4.45. The van der Waals surface area contributed by atoms with E-state index in [1.165, 1.54) is 5.56 Å². The zero-order chi connectivity index (χ0) is 22.6. The summed E-state index contributed by atoms with van der Waals surface area (Å²) in [6.07, 6.45) is 6.44. The van der Waals surface area contributed by atoms with Gasteiger partial charge in [-0.15, -0.1) is 0 Å². The Morgan fingerprint density at radius 2 is 1.88 bits per heavy atom. The van der Waals surface area contributed by atoms with Crippen LogP contribution in [0, 0.1) is 6.92 Å². The highest BCUT2D eigenvalue weighted by molar-refractivity contribution is 5.79. The van der Waals surface area contributed by atoms with Gasteiger partial charge in [0.15, 0.2) is 0 Å². The largest absolute Gasteiger partial charge is 0.350 e. The summed E-state index contributed by atoms with van der Waals surface area (Å²) in [5, 5.41) is 0. The summed E-state index contributed by atoms with van der Waals surface area (Å²) in [4.78, 5) is 31.9. The molecule has 5 rings (SSSR count). The second kappa shape index (κ2) is 9.69. The van der Waals surface area contributed by atoms with E-state index >= 15 is 0 Å². The maximum atomic E-state index is 13.0. The minimum atomic E-state index is 0.182. The zero-order valence-corrected chi connectivity index (χ0v) is 19.3. The quantitative estimate of drug-likeness (QED) is 0.597. The normalized spacial score (nSPS) is 18.2. The van der Waals surface area contributed by atoms with Gasteiger partial charge in [0.25, 0.3) is 0 Å². The van der Waals surface area contributed by atoms with Crippen LogP contribution in [0.3, 0.4) is 0 Å². The monoisotopic (exact) mass is 441 g/mol. The van der Waals surface area contributed by atoms with E-state index in [1.807, 2.05) is 53.6 Å². The fourth-order valence-electron chi connectivity index (χ4n) is 5.03. The highest BCUT2D eigenvalue weighted by Crippen LogP contribution is 2.32. The van der Waals surface area contributed by atoms with Gasteiger partial charge in [0, 0.05) is 43.0 Å². The molecule has 2 aromatic heterocycles. The number of aromatic nitrogens is 3. The predicted molar refractivity (Wildman–Crippen MR) is 129 cm³/mol. The van der Waals surface area contributed by atoms with Gasteiger partial charge in [-0.25, -0.2) is 9.97 Å². The second-order valence-corrected chi connectivity index (χ2v) is 9.16. The van der Waals surface area contributed by atoms with E-state index in [0.717, 1.165) is 73.9 Å². The fourth-order valence-corrected chi connectivity index (χ4v) is 5.03. The molecule has 1 aromatic carbocycles. The maximum absolute atomic E-state index is 13.0. The first-order chi connectivity index (χ1) is 16.2. The Morgan fingerprint density at radius 3 is 2.70 bits per heavy atom. The van der Waals surface area contributed by atoms with Crippen molar-refractivity contribution in [3.05, 3.63) is 83.1 Å². The van der Waals surface area contributed by atoms with E-state index in [-0.39, 0.29) is 11.8 Å². The first-order valence-electron chi connectivity index (χ1n) is 12.0. The van der Waals surface area contributed by atoms with E-state index in [9.17, 15) is 4.79 Å². The number of amides is 1. The summed E-state index contributed by atoms with van der Waals surface area (Å²) < 4.78 is 0. The molecule has 0 spiro atoms. The zero-order valence-electron chi connectivity index (χ0n) is 19.3. The van der Waals surface area contributed by atoms with Crippen molar-refractivity contribution in [1.29, 1.82) is 0 Å². The van der Waals surface area contributed by atoms with Crippen LogP contribution in [0.1, 0.15) is 53.5 Å². The minimum Gasteiger partial charge on any atom is -0.350 e. The number of carbonyl (C=O) groups is 1. The molecule has 0 aliphatic carbocycles. The van der Waals surface area contributed by atoms with Crippen LogP contribution >= 0.6 is 0 Å². The number of aryl methyl sites for hydroxylation is 1. The molecule has 1 atom stereocenters. The molecule has 1 fully saturated rings. The van der Waals surface area contributed by atoms with Crippen LogP contribution in [0.4, 0.5) is 5.82 Å². The predicted octanol–water partition coefficient (Wildman–Crippen LogP) is 4.08. The van der Waals surface area contributed by atoms with E-state index in [4.69, 9.17) is 9.97 Å². The highest BCUT2D eigenvalue weighted by Gasteiger charge is 2.29. The molecule has 0 N–H and O–H groups in total. The Balaban J connectivity index is 1.35. The molecule has 1 saturated heterocycles. The summed E-state index contributed by atoms with van der Waals surface area (Å²) in [5.74, 6) is 2.32. The fraction of sp³-hybridized carbons (Fsp3) is 0.407. The molecule has 0 saturated carbocycles. The van der Waals surface area contributed by atoms with Gasteiger partial charge in [-0.05, 0) is 50.3 Å². The number of anilines is 1. The average molecular weight is 442 g/mol. The lowest BCUT2D eigenvalue weighted by Gasteiger charge is -2.34. The summed E-state index contributed by atoms with van der Waals surface area (Å²) >= 11 is 0. The van der Waals surface area contributed by atoms with Gasteiger partial charge in [0.2, 0.25) is 5.91 Å². The Labute approximate surface area is 195 Å². The Kier molecular flexibility index (Phi) is 6.33. The Bertz CT molecular complexity index is 1100. The number of carbonyl (C=O) groups excluding carboxylic acids is 1. The van der Waals surface area contributed by atoms with E-state index in [1.54, 1.807) is 0 Å². The number of piperidine rings is 1. The van der Waals surface area contributed by atoms with Gasteiger partial charge < -0.3 is 9.80 Å². The Morgan fingerprint density at radius 1 is 1.03 bits per heavy atom. The van der Waals surface area contributed by atoms with E-state index in [0.29, 0.717) is 13.0 Å². The minimum absolute atomic E-state index is 0.182. The van der Waals surface area contributed by atoms with Crippen molar-refractivity contribution in [1.82, 2.24) is 19.9 Å². The average Bonchev–Trinajstić information content (AvgIpc) is 2.86. The molecule has 1 amide bonds. The molecule has 6 nitrogen and oxygen atoms in total. The number of likely N-dealkylation sites (tertiary alicyclic amines) is 1. The molecule has 33 heavy (non-hydrogen) atoms. The molecule has 4 heterocycles. The molecule has 0 bridgehead atoms. The van der Waals surface area contributed by atoms with Crippen LogP contribution in [0.5, 0.6) is 0 Å². The van der Waals surface area contributed by atoms with Crippen molar-refractivity contribution in [2.45, 2.75) is 51.5 Å². The molecule has 0 radical (unpaired) electrons. The maximum Gasteiger partial charge on any atom is 0.227 e. The van der Waals surface area contributed by atoms with Gasteiger partial charge in [-0.1, -0.05) is 36.4 Å². The second-order valence-electron chi connectivity index (χ2n) is 9.16. The van der Waals surface area contributed by atoms with Crippen LogP contribution < -0.4 is 4.90 Å². The van der Waals surface area contributed by atoms with Gasteiger partial charge in [-0.3, -0.25) is 9.78 Å². The third-order valence-corrected chi connectivity index (χ3v) is 6.78. The smallest absolute Gasteiger partial charge is 0.227 e. The summed E-state index contributed by atoms with van der Waals surface area (Å²) in [6, 6.07) is 16.1. The van der Waals surface area contributed by atoms with Crippen molar-refractivity contribution in [2.24, 2.45) is 0 Å². The molecule has 3 aromatic rings. The van der Waals surface area contributed by atoms with Crippen LogP contribution in [0.15, 0.2) is 54.7 Å². The van der Waals surface area contributed by atoms with Gasteiger partial charge in [0.05, 0.1) is 18.7 Å². The first kappa shape index (κ1) is 21.6. The number of fused-ring (bicyclic) bond motifs is 1. The van der Waals surface area contributed by atoms with Gasteiger partial charge in [-0.2, -0.15) is 0 Å². The number of hydrogen-bond acceptors (Lipinski definition) is 5. The third kappa shape index (κ3) is 4.90. The molecule has 6 heteroatoms. The topological polar surface area (TPSA) is 62.2 Å². The lowest BCUT2D eigenvalue weighted by Crippen LogP contribution is -2.40. The number of benzene rings is 1. The lowest BCUT2D eigenvalue weighted by atomic mass is 9.95. The SMILES string of the molecule is Cc1nc(C2CCCN(C(=O)Cc3ccccc3)C2)nc2c1CCCN2Cc1ccccn1. The number of nitrogens with zero attached hydrogens (tertiary/aromatic N) is 5. The molecule has 2 aliphatic heterocycles. The van der Waals surface area contributed by atoms with E-state index < -0.39 is 0 Å². The van der Waals surface area contributed by atoms with Gasteiger partial charge in [0.1, 0.15) is 11.6 Å². The van der Waals surface area contributed by atoms with Crippen LogP contribution in [0.25, 0.3) is 0 Å². The summed E-state index contributed by atoms with van der Waals surface area (Å²) in [7, 11) is 0. The van der Waals surface area contributed by atoms with Crippen molar-refractivity contribution in [2.75, 3.05) is 24.5 Å². The van der Waals surface area contributed by atoms with Crippen molar-refractivity contribution in [3.63, 3.8) is 0 Å². The van der Waals surface area contributed by atoms with Crippen molar-refractivity contribution < 1.29 is 4.79 Å². The van der Waals surface area contributed by atoms with Crippen molar-refractivity contribution in [3.8, 4) is 0 Å². The molecule has 170 valence electrons. The number of hydrogen-bond donors (Lipinski definition) is 0. The molecule has 1 unspecified atom stereocenters. The molecule has 2 aliphatic rings. The number of rotatable bonds is 5. The van der Waals surface area contributed by atoms with E-state index in [2.05, 4.69) is 22.9 Å².